The summed E-state index contributed by atoms with van der Waals surface area (Å²) in [6.45, 7) is 6.70. The van der Waals surface area contributed by atoms with Crippen LogP contribution in [0.25, 0.3) is 0 Å². The zero-order valence-corrected chi connectivity index (χ0v) is 14.0. The van der Waals surface area contributed by atoms with Crippen molar-refractivity contribution >= 4 is 17.7 Å². The average Bonchev–Trinajstić information content (AvgIpc) is 2.67. The van der Waals surface area contributed by atoms with Crippen LogP contribution in [0.15, 0.2) is 24.3 Å². The Morgan fingerprint density at radius 2 is 1.65 bits per heavy atom. The second-order valence-electron chi connectivity index (χ2n) is 6.84. The number of rotatable bonds is 5. The van der Waals surface area contributed by atoms with Gasteiger partial charge in [-0.3, -0.25) is 24.2 Å². The Balaban J connectivity index is 1.89. The van der Waals surface area contributed by atoms with Gasteiger partial charge in [-0.2, -0.15) is 0 Å². The molecule has 1 aromatic rings. The molecular weight excluding hydrogens is 294 g/mol. The fourth-order valence-corrected chi connectivity index (χ4v) is 2.49. The quantitative estimate of drug-likeness (QED) is 0.827. The Bertz CT molecular complexity index is 599. The lowest BCUT2D eigenvalue weighted by Gasteiger charge is -2.24. The summed E-state index contributed by atoms with van der Waals surface area (Å²) < 4.78 is 0. The van der Waals surface area contributed by atoms with Gasteiger partial charge in [0.2, 0.25) is 5.91 Å². The van der Waals surface area contributed by atoms with E-state index < -0.39 is 0 Å². The number of hydrogen-bond donors (Lipinski definition) is 1. The molecular formula is C17H23N3O3. The van der Waals surface area contributed by atoms with Crippen LogP contribution in [0, 0.1) is 0 Å². The summed E-state index contributed by atoms with van der Waals surface area (Å²) in [5.74, 6) is -0.612. The Kier molecular flexibility index (Phi) is 4.85. The van der Waals surface area contributed by atoms with Crippen LogP contribution in [0.2, 0.25) is 0 Å². The monoisotopic (exact) mass is 317 g/mol. The largest absolute Gasteiger partial charge is 0.350 e. The van der Waals surface area contributed by atoms with E-state index in [1.54, 1.807) is 36.2 Å². The topological polar surface area (TPSA) is 69.7 Å². The zero-order valence-electron chi connectivity index (χ0n) is 14.0. The summed E-state index contributed by atoms with van der Waals surface area (Å²) in [7, 11) is 1.79. The number of likely N-dealkylation sites (N-methyl/N-ethyl adjacent to an activating group) is 1. The minimum Gasteiger partial charge on any atom is -0.350 e. The molecule has 23 heavy (non-hydrogen) atoms. The van der Waals surface area contributed by atoms with Crippen LogP contribution in [0.4, 0.5) is 0 Å². The van der Waals surface area contributed by atoms with Crippen molar-refractivity contribution in [3.8, 4) is 0 Å². The van der Waals surface area contributed by atoms with Crippen molar-refractivity contribution in [2.45, 2.75) is 26.3 Å². The number of amides is 3. The molecule has 0 saturated carbocycles. The van der Waals surface area contributed by atoms with Gasteiger partial charge in [0, 0.05) is 18.6 Å². The van der Waals surface area contributed by atoms with Crippen LogP contribution < -0.4 is 5.32 Å². The number of benzene rings is 1. The minimum absolute atomic E-state index is 0.0811. The molecule has 0 radical (unpaired) electrons. The predicted molar refractivity (Wildman–Crippen MR) is 87.2 cm³/mol. The van der Waals surface area contributed by atoms with Gasteiger partial charge < -0.3 is 5.32 Å². The third-order valence-electron chi connectivity index (χ3n) is 3.51. The first kappa shape index (κ1) is 17.1. The molecule has 0 atom stereocenters. The van der Waals surface area contributed by atoms with E-state index in [-0.39, 0.29) is 36.3 Å². The maximum absolute atomic E-state index is 12.2. The van der Waals surface area contributed by atoms with Crippen molar-refractivity contribution in [2.75, 3.05) is 26.7 Å². The van der Waals surface area contributed by atoms with Crippen molar-refractivity contribution in [3.63, 3.8) is 0 Å². The lowest BCUT2D eigenvalue weighted by molar-refractivity contribution is -0.123. The second-order valence-corrected chi connectivity index (χ2v) is 6.84. The summed E-state index contributed by atoms with van der Waals surface area (Å²) in [5, 5.41) is 2.88. The molecule has 0 aromatic heterocycles. The Morgan fingerprint density at radius 1 is 1.13 bits per heavy atom. The summed E-state index contributed by atoms with van der Waals surface area (Å²) in [4.78, 5) is 39.4. The summed E-state index contributed by atoms with van der Waals surface area (Å²) in [6.07, 6.45) is 0. The molecule has 1 N–H and O–H groups in total. The van der Waals surface area contributed by atoms with Crippen LogP contribution in [0.5, 0.6) is 0 Å². The van der Waals surface area contributed by atoms with Crippen LogP contribution in [-0.4, -0.2) is 59.7 Å². The number of carbonyl (C=O) groups excluding carboxylic acids is 3. The van der Waals surface area contributed by atoms with Crippen LogP contribution in [0.3, 0.4) is 0 Å². The molecule has 6 heteroatoms. The molecule has 124 valence electrons. The molecule has 0 saturated heterocycles. The van der Waals surface area contributed by atoms with Crippen LogP contribution >= 0.6 is 0 Å². The van der Waals surface area contributed by atoms with Gasteiger partial charge in [-0.25, -0.2) is 0 Å². The molecule has 1 aliphatic rings. The normalized spacial score (nSPS) is 14.4. The molecule has 3 amide bonds. The van der Waals surface area contributed by atoms with Gasteiger partial charge in [0.1, 0.15) is 0 Å². The highest BCUT2D eigenvalue weighted by molar-refractivity contribution is 6.21. The number of carbonyl (C=O) groups is 3. The molecule has 0 fully saturated rings. The van der Waals surface area contributed by atoms with Crippen LogP contribution in [0.1, 0.15) is 41.5 Å². The van der Waals surface area contributed by atoms with Crippen molar-refractivity contribution in [3.05, 3.63) is 35.4 Å². The Morgan fingerprint density at radius 3 is 2.13 bits per heavy atom. The van der Waals surface area contributed by atoms with E-state index in [0.717, 1.165) is 0 Å². The fraction of sp³-hybridized carbons (Fsp3) is 0.471. The molecule has 1 aromatic carbocycles. The van der Waals surface area contributed by atoms with E-state index in [1.165, 1.54) is 4.90 Å². The van der Waals surface area contributed by atoms with Crippen molar-refractivity contribution in [1.82, 2.24) is 15.1 Å². The first-order valence-corrected chi connectivity index (χ1v) is 7.64. The first-order valence-electron chi connectivity index (χ1n) is 7.64. The maximum Gasteiger partial charge on any atom is 0.261 e. The third-order valence-corrected chi connectivity index (χ3v) is 3.51. The second kappa shape index (κ2) is 6.50. The Hall–Kier alpha value is -2.21. The number of nitrogens with zero attached hydrogens (tertiary/aromatic N) is 2. The average molecular weight is 317 g/mol. The molecule has 6 nitrogen and oxygen atoms in total. The van der Waals surface area contributed by atoms with Crippen LogP contribution in [-0.2, 0) is 4.79 Å². The van der Waals surface area contributed by atoms with Gasteiger partial charge in [0.25, 0.3) is 11.8 Å². The van der Waals surface area contributed by atoms with E-state index in [9.17, 15) is 14.4 Å². The van der Waals surface area contributed by atoms with E-state index in [1.807, 2.05) is 20.8 Å². The fourth-order valence-electron chi connectivity index (χ4n) is 2.49. The lowest BCUT2D eigenvalue weighted by Crippen LogP contribution is -2.46. The summed E-state index contributed by atoms with van der Waals surface area (Å²) in [6, 6.07) is 6.82. The van der Waals surface area contributed by atoms with E-state index in [2.05, 4.69) is 5.32 Å². The standard InChI is InChI=1S/C17H23N3O3/c1-17(2,3)18-14(21)11-19(4)9-10-20-15(22)12-7-5-6-8-13(12)16(20)23/h5-8H,9-11H2,1-4H3,(H,18,21). The van der Waals surface area contributed by atoms with Gasteiger partial charge in [0.15, 0.2) is 0 Å². The molecule has 0 spiro atoms. The van der Waals surface area contributed by atoms with Crippen molar-refractivity contribution in [2.24, 2.45) is 0 Å². The zero-order chi connectivity index (χ0) is 17.2. The van der Waals surface area contributed by atoms with E-state index in [4.69, 9.17) is 0 Å². The highest BCUT2D eigenvalue weighted by Crippen LogP contribution is 2.21. The molecule has 1 heterocycles. The summed E-state index contributed by atoms with van der Waals surface area (Å²) >= 11 is 0. The minimum atomic E-state index is -0.277. The highest BCUT2D eigenvalue weighted by Gasteiger charge is 2.34. The molecule has 0 aliphatic carbocycles. The molecule has 1 aliphatic heterocycles. The third kappa shape index (κ3) is 4.16. The van der Waals surface area contributed by atoms with Gasteiger partial charge in [-0.15, -0.1) is 0 Å². The predicted octanol–water partition coefficient (Wildman–Crippen LogP) is 1.13. The maximum atomic E-state index is 12.2. The first-order chi connectivity index (χ1) is 10.7. The number of imide groups is 1. The van der Waals surface area contributed by atoms with Gasteiger partial charge in [-0.1, -0.05) is 12.1 Å². The highest BCUT2D eigenvalue weighted by atomic mass is 16.2. The van der Waals surface area contributed by atoms with Gasteiger partial charge in [0.05, 0.1) is 17.7 Å². The van der Waals surface area contributed by atoms with Gasteiger partial charge >= 0.3 is 0 Å². The number of fused-ring (bicyclic) bond motifs is 1. The summed E-state index contributed by atoms with van der Waals surface area (Å²) in [5.41, 5.74) is 0.622. The molecule has 0 bridgehead atoms. The smallest absolute Gasteiger partial charge is 0.261 e. The Labute approximate surface area is 136 Å². The molecule has 0 unspecified atom stereocenters. The lowest BCUT2D eigenvalue weighted by atomic mass is 10.1. The number of hydrogen-bond acceptors (Lipinski definition) is 4. The SMILES string of the molecule is CN(CCN1C(=O)c2ccccc2C1=O)CC(=O)NC(C)(C)C. The number of nitrogens with one attached hydrogen (secondary N) is 1. The van der Waals surface area contributed by atoms with Crippen molar-refractivity contribution < 1.29 is 14.4 Å². The molecule has 2 rings (SSSR count). The van der Waals surface area contributed by atoms with E-state index in [0.29, 0.717) is 17.7 Å². The van der Waals surface area contributed by atoms with Gasteiger partial charge in [-0.05, 0) is 40.0 Å². The van der Waals surface area contributed by atoms with Crippen molar-refractivity contribution in [1.29, 1.82) is 0 Å². The van der Waals surface area contributed by atoms with E-state index >= 15 is 0 Å².